The normalized spacial score (nSPS) is 17.8. The molecular formula is C23H27N5O3S. The first-order valence-electron chi connectivity index (χ1n) is 11.3. The Balaban J connectivity index is 1.50. The van der Waals surface area contributed by atoms with Crippen molar-refractivity contribution in [2.45, 2.75) is 58.2 Å². The lowest BCUT2D eigenvalue weighted by atomic mass is 10.1. The Kier molecular flexibility index (Phi) is 5.58. The largest absolute Gasteiger partial charge is 0.348 e. The smallest absolute Gasteiger partial charge is 0.333 e. The van der Waals surface area contributed by atoms with Gasteiger partial charge < -0.3 is 10.2 Å². The van der Waals surface area contributed by atoms with Gasteiger partial charge in [-0.1, -0.05) is 42.5 Å². The fourth-order valence-electron chi connectivity index (χ4n) is 4.77. The number of aryl methyl sites for hydroxylation is 1. The Hall–Kier alpha value is -2.94. The van der Waals surface area contributed by atoms with Crippen molar-refractivity contribution in [3.05, 3.63) is 56.2 Å². The van der Waals surface area contributed by atoms with E-state index in [-0.39, 0.29) is 24.1 Å². The SMILES string of the molecule is CCCn1c(=O)c2sc(N3CCCC3)nc2n(CC(=O)N[C@H]2CCc3ccccc32)c1=O. The highest BCUT2D eigenvalue weighted by Gasteiger charge is 2.26. The van der Waals surface area contributed by atoms with Crippen LogP contribution in [0.25, 0.3) is 10.3 Å². The monoisotopic (exact) mass is 453 g/mol. The fourth-order valence-corrected chi connectivity index (χ4v) is 5.84. The summed E-state index contributed by atoms with van der Waals surface area (Å²) in [5, 5.41) is 3.83. The van der Waals surface area contributed by atoms with Crippen molar-refractivity contribution >= 4 is 32.7 Å². The molecule has 5 rings (SSSR count). The van der Waals surface area contributed by atoms with Crippen molar-refractivity contribution in [3.63, 3.8) is 0 Å². The summed E-state index contributed by atoms with van der Waals surface area (Å²) in [4.78, 5) is 46.0. The molecule has 1 fully saturated rings. The van der Waals surface area contributed by atoms with Crippen LogP contribution in [0.3, 0.4) is 0 Å². The van der Waals surface area contributed by atoms with Crippen LogP contribution in [-0.2, 0) is 24.3 Å². The highest BCUT2D eigenvalue weighted by molar-refractivity contribution is 7.22. The Morgan fingerprint density at radius 2 is 1.97 bits per heavy atom. The maximum atomic E-state index is 13.2. The highest BCUT2D eigenvalue weighted by atomic mass is 32.1. The number of aromatic nitrogens is 3. The maximum absolute atomic E-state index is 13.2. The molecule has 3 heterocycles. The van der Waals surface area contributed by atoms with Gasteiger partial charge in [0.25, 0.3) is 5.56 Å². The molecule has 1 aliphatic heterocycles. The van der Waals surface area contributed by atoms with E-state index < -0.39 is 5.69 Å². The number of carbonyl (C=O) groups excluding carboxylic acids is 1. The zero-order chi connectivity index (χ0) is 22.2. The predicted molar refractivity (Wildman–Crippen MR) is 126 cm³/mol. The van der Waals surface area contributed by atoms with Gasteiger partial charge in [0, 0.05) is 19.6 Å². The minimum Gasteiger partial charge on any atom is -0.348 e. The zero-order valence-corrected chi connectivity index (χ0v) is 19.0. The molecule has 0 bridgehead atoms. The lowest BCUT2D eigenvalue weighted by Gasteiger charge is -2.16. The van der Waals surface area contributed by atoms with Crippen LogP contribution in [0, 0.1) is 0 Å². The Morgan fingerprint density at radius 1 is 1.19 bits per heavy atom. The van der Waals surface area contributed by atoms with E-state index in [2.05, 4.69) is 21.3 Å². The van der Waals surface area contributed by atoms with Gasteiger partial charge >= 0.3 is 5.69 Å². The minimum atomic E-state index is -0.468. The van der Waals surface area contributed by atoms with Crippen molar-refractivity contribution in [1.82, 2.24) is 19.4 Å². The molecule has 1 aromatic carbocycles. The number of benzene rings is 1. The maximum Gasteiger partial charge on any atom is 0.333 e. The van der Waals surface area contributed by atoms with Crippen LogP contribution >= 0.6 is 11.3 Å². The number of carbonyl (C=O) groups is 1. The second kappa shape index (κ2) is 8.54. The van der Waals surface area contributed by atoms with E-state index in [4.69, 9.17) is 0 Å². The summed E-state index contributed by atoms with van der Waals surface area (Å²) >= 11 is 1.32. The van der Waals surface area contributed by atoms with Crippen LogP contribution in [0.2, 0.25) is 0 Å². The molecule has 1 atom stereocenters. The first-order chi connectivity index (χ1) is 15.6. The lowest BCUT2D eigenvalue weighted by Crippen LogP contribution is -2.42. The van der Waals surface area contributed by atoms with Gasteiger partial charge in [-0.3, -0.25) is 18.7 Å². The van der Waals surface area contributed by atoms with Crippen LogP contribution in [0.1, 0.15) is 49.8 Å². The molecule has 0 saturated carbocycles. The van der Waals surface area contributed by atoms with Gasteiger partial charge in [-0.2, -0.15) is 0 Å². The number of nitrogens with one attached hydrogen (secondary N) is 1. The number of anilines is 1. The topological polar surface area (TPSA) is 89.2 Å². The van der Waals surface area contributed by atoms with E-state index >= 15 is 0 Å². The second-order valence-corrected chi connectivity index (χ2v) is 9.50. The molecule has 1 amide bonds. The molecular weight excluding hydrogens is 426 g/mol. The predicted octanol–water partition coefficient (Wildman–Crippen LogP) is 2.43. The van der Waals surface area contributed by atoms with Crippen molar-refractivity contribution in [1.29, 1.82) is 0 Å². The fraction of sp³-hybridized carbons (Fsp3) is 0.478. The number of fused-ring (bicyclic) bond motifs is 2. The molecule has 0 radical (unpaired) electrons. The average Bonchev–Trinajstić information content (AvgIpc) is 3.54. The molecule has 1 N–H and O–H groups in total. The van der Waals surface area contributed by atoms with Crippen molar-refractivity contribution in [3.8, 4) is 0 Å². The zero-order valence-electron chi connectivity index (χ0n) is 18.2. The molecule has 0 unspecified atom stereocenters. The first-order valence-corrected chi connectivity index (χ1v) is 12.1. The molecule has 3 aromatic rings. The summed E-state index contributed by atoms with van der Waals surface area (Å²) in [6, 6.07) is 8.07. The van der Waals surface area contributed by atoms with Gasteiger partial charge in [-0.15, -0.1) is 0 Å². The first kappa shape index (κ1) is 20.9. The molecule has 9 heteroatoms. The summed E-state index contributed by atoms with van der Waals surface area (Å²) < 4.78 is 3.06. The number of hydrogen-bond donors (Lipinski definition) is 1. The molecule has 0 spiro atoms. The van der Waals surface area contributed by atoms with E-state index in [1.54, 1.807) is 0 Å². The summed E-state index contributed by atoms with van der Waals surface area (Å²) in [7, 11) is 0. The number of nitrogens with zero attached hydrogens (tertiary/aromatic N) is 4. The van der Waals surface area contributed by atoms with Crippen molar-refractivity contribution in [2.24, 2.45) is 0 Å². The third-order valence-corrected chi connectivity index (χ3v) is 7.44. The van der Waals surface area contributed by atoms with Crippen molar-refractivity contribution in [2.75, 3.05) is 18.0 Å². The standard InChI is InChI=1S/C23H27N5O3S/c1-2-11-27-21(30)19-20(25-22(32-19)26-12-5-6-13-26)28(23(27)31)14-18(29)24-17-10-9-15-7-3-4-8-16(15)17/h3-4,7-8,17H,2,5-6,9-14H2,1H3,(H,24,29)/t17-/m0/s1. The van der Waals surface area contributed by atoms with Gasteiger partial charge in [-0.05, 0) is 43.2 Å². The molecule has 32 heavy (non-hydrogen) atoms. The van der Waals surface area contributed by atoms with Crippen LogP contribution in [0.15, 0.2) is 33.9 Å². The van der Waals surface area contributed by atoms with Gasteiger partial charge in [0.2, 0.25) is 5.91 Å². The highest BCUT2D eigenvalue weighted by Crippen LogP contribution is 2.31. The van der Waals surface area contributed by atoms with Gasteiger partial charge in [0.1, 0.15) is 11.2 Å². The number of amides is 1. The number of rotatable bonds is 6. The average molecular weight is 454 g/mol. The molecule has 2 aromatic heterocycles. The number of thiazole rings is 1. The third kappa shape index (κ3) is 3.64. The molecule has 1 saturated heterocycles. The Bertz CT molecular complexity index is 1290. The van der Waals surface area contributed by atoms with Crippen LogP contribution in [0.5, 0.6) is 0 Å². The van der Waals surface area contributed by atoms with Gasteiger partial charge in [-0.25, -0.2) is 9.78 Å². The van der Waals surface area contributed by atoms with E-state index in [1.165, 1.54) is 26.0 Å². The van der Waals surface area contributed by atoms with Gasteiger partial charge in [0.05, 0.1) is 6.04 Å². The quantitative estimate of drug-likeness (QED) is 0.619. The molecule has 168 valence electrons. The van der Waals surface area contributed by atoms with E-state index in [0.717, 1.165) is 49.5 Å². The van der Waals surface area contributed by atoms with E-state index in [0.29, 0.717) is 23.3 Å². The summed E-state index contributed by atoms with van der Waals surface area (Å²) in [5.41, 5.74) is 1.94. The molecule has 1 aliphatic carbocycles. The summed E-state index contributed by atoms with van der Waals surface area (Å²) in [6.45, 7) is 3.89. The summed E-state index contributed by atoms with van der Waals surface area (Å²) in [5.74, 6) is -0.243. The van der Waals surface area contributed by atoms with E-state index in [9.17, 15) is 14.4 Å². The minimum absolute atomic E-state index is 0.0537. The molecule has 2 aliphatic rings. The Morgan fingerprint density at radius 3 is 2.75 bits per heavy atom. The lowest BCUT2D eigenvalue weighted by molar-refractivity contribution is -0.122. The molecule has 8 nitrogen and oxygen atoms in total. The number of hydrogen-bond acceptors (Lipinski definition) is 6. The second-order valence-electron chi connectivity index (χ2n) is 8.53. The van der Waals surface area contributed by atoms with Crippen molar-refractivity contribution < 1.29 is 4.79 Å². The third-order valence-electron chi connectivity index (χ3n) is 6.35. The van der Waals surface area contributed by atoms with Gasteiger partial charge in [0.15, 0.2) is 10.8 Å². The Labute approximate surface area is 189 Å². The van der Waals surface area contributed by atoms with Crippen LogP contribution < -0.4 is 21.5 Å². The summed E-state index contributed by atoms with van der Waals surface area (Å²) in [6.07, 6.45) is 4.62. The van der Waals surface area contributed by atoms with Crippen LogP contribution in [-0.4, -0.2) is 33.1 Å². The van der Waals surface area contributed by atoms with Crippen LogP contribution in [0.4, 0.5) is 5.13 Å². The van der Waals surface area contributed by atoms with E-state index in [1.807, 2.05) is 25.1 Å².